The van der Waals surface area contributed by atoms with Crippen LogP contribution in [0.25, 0.3) is 10.9 Å². The minimum absolute atomic E-state index is 0.112. The van der Waals surface area contributed by atoms with Crippen molar-refractivity contribution in [3.8, 4) is 5.75 Å². The van der Waals surface area contributed by atoms with Crippen molar-refractivity contribution in [1.82, 2.24) is 10.3 Å². The van der Waals surface area contributed by atoms with E-state index in [9.17, 15) is 14.7 Å². The molecule has 10 heteroatoms. The summed E-state index contributed by atoms with van der Waals surface area (Å²) in [6, 6.07) is 9.45. The molecule has 0 spiro atoms. The van der Waals surface area contributed by atoms with Crippen LogP contribution in [0.3, 0.4) is 0 Å². The minimum atomic E-state index is -1.22. The Morgan fingerprint density at radius 2 is 1.93 bits per heavy atom. The number of aryl methyl sites for hydroxylation is 2. The summed E-state index contributed by atoms with van der Waals surface area (Å²) in [6.07, 6.45) is 0. The zero-order valence-electron chi connectivity index (χ0n) is 16.2. The molecule has 0 aliphatic rings. The second-order valence-electron chi connectivity index (χ2n) is 6.69. The summed E-state index contributed by atoms with van der Waals surface area (Å²) in [6.45, 7) is 3.25. The van der Waals surface area contributed by atoms with E-state index >= 15 is 0 Å². The summed E-state index contributed by atoms with van der Waals surface area (Å²) in [5, 5.41) is 12.7. The molecule has 0 radical (unpaired) electrons. The Morgan fingerprint density at radius 1 is 1.23 bits per heavy atom. The number of aliphatic hydroxyl groups is 1. The van der Waals surface area contributed by atoms with Crippen LogP contribution in [0, 0.1) is 13.8 Å². The summed E-state index contributed by atoms with van der Waals surface area (Å²) in [5.41, 5.74) is 7.95. The molecule has 0 aliphatic carbocycles. The third-order valence-electron chi connectivity index (χ3n) is 4.21. The number of carbonyl (C=O) groups is 2. The molecule has 0 bridgehead atoms. The molecular formula is C20H20ClN3O5S. The van der Waals surface area contributed by atoms with Gasteiger partial charge in [-0.15, -0.1) is 4.33 Å². The molecule has 3 rings (SSSR count). The van der Waals surface area contributed by atoms with Crippen molar-refractivity contribution in [3.63, 3.8) is 0 Å². The zero-order chi connectivity index (χ0) is 21.8. The highest BCUT2D eigenvalue weighted by atomic mass is 35.5. The summed E-state index contributed by atoms with van der Waals surface area (Å²) in [4.78, 5) is 32.8. The van der Waals surface area contributed by atoms with Crippen LogP contribution in [0.15, 0.2) is 41.3 Å². The molecule has 1 unspecified atom stereocenters. The van der Waals surface area contributed by atoms with Crippen molar-refractivity contribution in [3.05, 3.63) is 58.2 Å². The van der Waals surface area contributed by atoms with Gasteiger partial charge in [-0.3, -0.25) is 9.59 Å². The van der Waals surface area contributed by atoms with E-state index in [1.54, 1.807) is 18.2 Å². The number of aliphatic hydroxyl groups excluding tert-OH is 1. The number of primary amides is 1. The van der Waals surface area contributed by atoms with Crippen LogP contribution >= 0.6 is 23.6 Å². The Morgan fingerprint density at radius 3 is 2.57 bits per heavy atom. The molecule has 1 atom stereocenters. The van der Waals surface area contributed by atoms with Crippen molar-refractivity contribution in [2.75, 3.05) is 6.61 Å². The van der Waals surface area contributed by atoms with Gasteiger partial charge in [0.1, 0.15) is 11.7 Å². The molecule has 1 heterocycles. The predicted octanol–water partition coefficient (Wildman–Crippen LogP) is 3.03. The third-order valence-corrected chi connectivity index (χ3v) is 5.18. The van der Waals surface area contributed by atoms with E-state index in [0.717, 1.165) is 23.2 Å². The maximum absolute atomic E-state index is 12.7. The van der Waals surface area contributed by atoms with E-state index in [0.29, 0.717) is 26.6 Å². The molecule has 8 nitrogen and oxygen atoms in total. The number of nitrogens with two attached hydrogens (primary N) is 1. The predicted molar refractivity (Wildman–Crippen MR) is 114 cm³/mol. The molecule has 0 aliphatic heterocycles. The molecule has 30 heavy (non-hydrogen) atoms. The fourth-order valence-electron chi connectivity index (χ4n) is 2.89. The lowest BCUT2D eigenvalue weighted by Gasteiger charge is -2.12. The zero-order valence-corrected chi connectivity index (χ0v) is 17.8. The van der Waals surface area contributed by atoms with Gasteiger partial charge in [-0.25, -0.2) is 0 Å². The lowest BCUT2D eigenvalue weighted by molar-refractivity contribution is -0.120. The number of hydrogen-bond acceptors (Lipinski definition) is 6. The van der Waals surface area contributed by atoms with Gasteiger partial charge in [0, 0.05) is 15.9 Å². The van der Waals surface area contributed by atoms with Crippen LogP contribution in [0.2, 0.25) is 5.02 Å². The first-order valence-corrected chi connectivity index (χ1v) is 10.0. The monoisotopic (exact) mass is 449 g/mol. The first-order chi connectivity index (χ1) is 14.3. The highest BCUT2D eigenvalue weighted by Crippen LogP contribution is 2.34. The van der Waals surface area contributed by atoms with E-state index in [-0.39, 0.29) is 5.69 Å². The van der Waals surface area contributed by atoms with Crippen LogP contribution < -0.4 is 15.9 Å². The van der Waals surface area contributed by atoms with Crippen molar-refractivity contribution >= 4 is 46.4 Å². The Balaban J connectivity index is 1.87. The van der Waals surface area contributed by atoms with Gasteiger partial charge >= 0.3 is 0 Å². The Labute approximate surface area is 181 Å². The van der Waals surface area contributed by atoms with Gasteiger partial charge in [-0.2, -0.15) is 0 Å². The van der Waals surface area contributed by atoms with Gasteiger partial charge in [0.05, 0.1) is 23.5 Å². The average molecular weight is 450 g/mol. The molecule has 158 valence electrons. The molecule has 0 saturated heterocycles. The number of nitrogens with one attached hydrogen (secondary N) is 2. The number of hydrogen-bond donors (Lipinski definition) is 4. The molecule has 3 aromatic rings. The normalized spacial score (nSPS) is 12.0. The number of fused-ring (bicyclic) bond motifs is 1. The third kappa shape index (κ3) is 5.06. The Hall–Kier alpha value is -2.72. The number of rotatable bonds is 8. The number of amides is 2. The van der Waals surface area contributed by atoms with Gasteiger partial charge in [0.15, 0.2) is 5.75 Å². The van der Waals surface area contributed by atoms with Gasteiger partial charge in [0.25, 0.3) is 5.91 Å². The van der Waals surface area contributed by atoms with E-state index in [4.69, 9.17) is 26.6 Å². The van der Waals surface area contributed by atoms with Gasteiger partial charge in [0.2, 0.25) is 5.91 Å². The highest BCUT2D eigenvalue weighted by molar-refractivity contribution is 7.94. The molecule has 2 amide bonds. The molecule has 2 aromatic carbocycles. The standard InChI is InChI=1S/C20H20ClN3O5S/c1-10-5-11(2)7-13(6-10)28-29-30-18-14-8-12(21)3-4-15(14)23-17(18)20(27)24-16(9-25)19(22)26/h3-8,16,23,25H,9H2,1-2H3,(H2,22,26)(H,24,27). The molecule has 0 saturated carbocycles. The van der Waals surface area contributed by atoms with Crippen LogP contribution in [0.4, 0.5) is 0 Å². The van der Waals surface area contributed by atoms with E-state index < -0.39 is 24.5 Å². The SMILES string of the molecule is Cc1cc(C)cc(OOSc2c(C(=O)NC(CO)C(N)=O)[nH]c3ccc(Cl)cc23)c1. The van der Waals surface area contributed by atoms with Gasteiger partial charge in [-0.1, -0.05) is 17.7 Å². The highest BCUT2D eigenvalue weighted by Gasteiger charge is 2.24. The molecule has 1 aromatic heterocycles. The van der Waals surface area contributed by atoms with E-state index in [2.05, 4.69) is 10.3 Å². The van der Waals surface area contributed by atoms with Crippen LogP contribution in [0.5, 0.6) is 5.75 Å². The summed E-state index contributed by atoms with van der Waals surface area (Å²) in [5.74, 6) is -0.982. The van der Waals surface area contributed by atoms with Gasteiger partial charge in [-0.05, 0) is 55.3 Å². The number of halogens is 1. The summed E-state index contributed by atoms with van der Waals surface area (Å²) >= 11 is 6.92. The van der Waals surface area contributed by atoms with Crippen molar-refractivity contribution in [2.24, 2.45) is 5.73 Å². The topological polar surface area (TPSA) is 127 Å². The smallest absolute Gasteiger partial charge is 0.269 e. The second kappa shape index (κ2) is 9.40. The lowest BCUT2D eigenvalue weighted by Crippen LogP contribution is -2.47. The second-order valence-corrected chi connectivity index (χ2v) is 7.84. The van der Waals surface area contributed by atoms with E-state index in [1.807, 2.05) is 32.0 Å². The van der Waals surface area contributed by atoms with Crippen molar-refractivity contribution in [1.29, 1.82) is 0 Å². The average Bonchev–Trinajstić information content (AvgIpc) is 3.03. The quantitative estimate of drug-likeness (QED) is 0.238. The fourth-order valence-corrected chi connectivity index (χ4v) is 3.73. The number of carbonyl (C=O) groups excluding carboxylic acids is 2. The van der Waals surface area contributed by atoms with Crippen molar-refractivity contribution in [2.45, 2.75) is 24.8 Å². The Kier molecular flexibility index (Phi) is 6.88. The number of aromatic amines is 1. The maximum atomic E-state index is 12.7. The fraction of sp³-hybridized carbons (Fsp3) is 0.200. The lowest BCUT2D eigenvalue weighted by atomic mass is 10.1. The van der Waals surface area contributed by atoms with Crippen LogP contribution in [-0.4, -0.2) is 34.6 Å². The molecule has 5 N–H and O–H groups in total. The van der Waals surface area contributed by atoms with Crippen LogP contribution in [-0.2, 0) is 9.13 Å². The van der Waals surface area contributed by atoms with Crippen LogP contribution in [0.1, 0.15) is 21.6 Å². The van der Waals surface area contributed by atoms with Gasteiger partial charge < -0.3 is 26.0 Å². The largest absolute Gasteiger partial charge is 0.394 e. The summed E-state index contributed by atoms with van der Waals surface area (Å²) < 4.78 is 5.32. The van der Waals surface area contributed by atoms with Crippen molar-refractivity contribution < 1.29 is 23.9 Å². The first-order valence-electron chi connectivity index (χ1n) is 8.90. The summed E-state index contributed by atoms with van der Waals surface area (Å²) in [7, 11) is 0. The van der Waals surface area contributed by atoms with E-state index in [1.165, 1.54) is 0 Å². The first kappa shape index (κ1) is 22.0. The Bertz CT molecular complexity index is 1080. The maximum Gasteiger partial charge on any atom is 0.269 e. The number of aromatic nitrogens is 1. The minimum Gasteiger partial charge on any atom is -0.394 e. The number of benzene rings is 2. The number of H-pyrrole nitrogens is 1. The molecular weight excluding hydrogens is 430 g/mol. The molecule has 0 fully saturated rings.